The fraction of sp³-hybridized carbons (Fsp3) is 0.769. The van der Waals surface area contributed by atoms with Gasteiger partial charge in [0.1, 0.15) is 5.54 Å². The van der Waals surface area contributed by atoms with Gasteiger partial charge >= 0.3 is 0 Å². The van der Waals surface area contributed by atoms with Gasteiger partial charge in [0.15, 0.2) is 0 Å². The second kappa shape index (κ2) is 5.93. The quantitative estimate of drug-likeness (QED) is 0.914. The number of aryl methyl sites for hydroxylation is 1. The maximum Gasteiger partial charge on any atom is 0.276 e. The lowest BCUT2D eigenvalue weighted by molar-refractivity contribution is 0.283. The molecular weight excluding hydrogens is 260 g/mol. The van der Waals surface area contributed by atoms with Crippen LogP contribution in [0.3, 0.4) is 0 Å². The van der Waals surface area contributed by atoms with E-state index in [1.54, 1.807) is 18.7 Å². The lowest BCUT2D eigenvalue weighted by atomic mass is 9.82. The Hall–Kier alpha value is -1.06. The Morgan fingerprint density at radius 3 is 2.89 bits per heavy atom. The predicted molar refractivity (Wildman–Crippen MR) is 73.8 cm³/mol. The lowest BCUT2D eigenvalue weighted by Crippen LogP contribution is -2.51. The first kappa shape index (κ1) is 14.4. The van der Waals surface area contributed by atoms with Crippen molar-refractivity contribution in [2.75, 3.05) is 0 Å². The van der Waals surface area contributed by atoms with Gasteiger partial charge in [-0.3, -0.25) is 5.32 Å². The molecule has 6 heteroatoms. The van der Waals surface area contributed by atoms with Crippen LogP contribution in [0.4, 0.5) is 0 Å². The van der Waals surface area contributed by atoms with Crippen LogP contribution in [0.2, 0.25) is 0 Å². The van der Waals surface area contributed by atoms with Crippen LogP contribution >= 0.6 is 11.8 Å². The molecule has 5 nitrogen and oxygen atoms in total. The van der Waals surface area contributed by atoms with Crippen molar-refractivity contribution in [3.63, 3.8) is 0 Å². The van der Waals surface area contributed by atoms with Crippen LogP contribution in [-0.2, 0) is 0 Å². The van der Waals surface area contributed by atoms with E-state index in [-0.39, 0.29) is 0 Å². The first-order valence-electron chi connectivity index (χ1n) is 6.69. The Balaban J connectivity index is 2.02. The highest BCUT2D eigenvalue weighted by molar-refractivity contribution is 7.99. The molecule has 0 amide bonds. The normalized spacial score (nSPS) is 27.4. The molecule has 1 heterocycles. The summed E-state index contributed by atoms with van der Waals surface area (Å²) in [4.78, 5) is 0. The van der Waals surface area contributed by atoms with Gasteiger partial charge in [0.2, 0.25) is 5.89 Å². The van der Waals surface area contributed by atoms with Crippen LogP contribution in [0.15, 0.2) is 9.64 Å². The Bertz CT molecular complexity index is 467. The van der Waals surface area contributed by atoms with Crippen molar-refractivity contribution in [3.8, 4) is 6.07 Å². The molecule has 0 aromatic carbocycles. The molecule has 1 aliphatic carbocycles. The van der Waals surface area contributed by atoms with E-state index in [2.05, 4.69) is 35.4 Å². The molecule has 19 heavy (non-hydrogen) atoms. The Morgan fingerprint density at radius 2 is 2.32 bits per heavy atom. The summed E-state index contributed by atoms with van der Waals surface area (Å²) in [5.74, 6) is 0.588. The molecule has 2 atom stereocenters. The summed E-state index contributed by atoms with van der Waals surface area (Å²) in [6, 6.07) is 2.79. The molecule has 0 bridgehead atoms. The molecule has 1 fully saturated rings. The fourth-order valence-corrected chi connectivity index (χ4v) is 3.81. The average Bonchev–Trinajstić information content (AvgIpc) is 2.74. The fourth-order valence-electron chi connectivity index (χ4n) is 2.61. The zero-order chi connectivity index (χ0) is 13.9. The Kier molecular flexibility index (Phi) is 4.48. The first-order valence-corrected chi connectivity index (χ1v) is 7.57. The van der Waals surface area contributed by atoms with Crippen molar-refractivity contribution >= 4 is 11.8 Å². The van der Waals surface area contributed by atoms with Gasteiger partial charge in [-0.25, -0.2) is 0 Å². The van der Waals surface area contributed by atoms with Crippen LogP contribution in [0.1, 0.15) is 45.4 Å². The minimum absolute atomic E-state index is 0.314. The number of thioether (sulfide) groups is 1. The van der Waals surface area contributed by atoms with E-state index < -0.39 is 5.54 Å². The Morgan fingerprint density at radius 1 is 1.53 bits per heavy atom. The summed E-state index contributed by atoms with van der Waals surface area (Å²) in [7, 11) is 0. The molecule has 1 saturated carbocycles. The van der Waals surface area contributed by atoms with Gasteiger partial charge in [-0.05, 0) is 39.5 Å². The summed E-state index contributed by atoms with van der Waals surface area (Å²) in [6.07, 6.45) is 3.89. The third-order valence-corrected chi connectivity index (χ3v) is 4.36. The second-order valence-corrected chi connectivity index (χ2v) is 6.67. The standard InChI is InChI=1S/C13H20N4OS/c1-9(2)15-13(8-14)6-4-5-11(7-13)19-12-17-16-10(3)18-12/h9,11,15H,4-7H2,1-3H3. The van der Waals surface area contributed by atoms with E-state index in [9.17, 15) is 5.26 Å². The highest BCUT2D eigenvalue weighted by Gasteiger charge is 2.37. The smallest absolute Gasteiger partial charge is 0.276 e. The van der Waals surface area contributed by atoms with E-state index in [1.165, 1.54) is 0 Å². The number of nitrogens with zero attached hydrogens (tertiary/aromatic N) is 3. The summed E-state index contributed by atoms with van der Waals surface area (Å²) >= 11 is 1.60. The van der Waals surface area contributed by atoms with Crippen molar-refractivity contribution in [2.45, 2.75) is 68.5 Å². The van der Waals surface area contributed by atoms with Gasteiger partial charge in [-0.2, -0.15) is 5.26 Å². The predicted octanol–water partition coefficient (Wildman–Crippen LogP) is 2.67. The topological polar surface area (TPSA) is 74.7 Å². The molecule has 1 N–H and O–H groups in total. The summed E-state index contributed by atoms with van der Waals surface area (Å²) in [6.45, 7) is 5.95. The molecule has 0 saturated heterocycles. The molecule has 0 spiro atoms. The number of hydrogen-bond donors (Lipinski definition) is 1. The largest absolute Gasteiger partial charge is 0.416 e. The average molecular weight is 280 g/mol. The van der Waals surface area contributed by atoms with Gasteiger partial charge < -0.3 is 4.42 Å². The van der Waals surface area contributed by atoms with Crippen LogP contribution in [0.5, 0.6) is 0 Å². The summed E-state index contributed by atoms with van der Waals surface area (Å²) in [5, 5.41) is 21.8. The maximum atomic E-state index is 9.51. The number of aromatic nitrogens is 2. The molecule has 1 aromatic rings. The summed E-state index contributed by atoms with van der Waals surface area (Å²) in [5.41, 5.74) is -0.404. The minimum Gasteiger partial charge on any atom is -0.416 e. The SMILES string of the molecule is Cc1nnc(SC2CCCC(C#N)(NC(C)C)C2)o1. The van der Waals surface area contributed by atoms with Crippen molar-refractivity contribution < 1.29 is 4.42 Å². The van der Waals surface area contributed by atoms with Crippen molar-refractivity contribution in [1.82, 2.24) is 15.5 Å². The van der Waals surface area contributed by atoms with Crippen LogP contribution in [0, 0.1) is 18.3 Å². The monoisotopic (exact) mass is 280 g/mol. The van der Waals surface area contributed by atoms with E-state index in [0.29, 0.717) is 22.4 Å². The molecular formula is C13H20N4OS. The molecule has 104 valence electrons. The third kappa shape index (κ3) is 3.71. The zero-order valence-electron chi connectivity index (χ0n) is 11.6. The third-order valence-electron chi connectivity index (χ3n) is 3.26. The van der Waals surface area contributed by atoms with E-state index in [4.69, 9.17) is 4.42 Å². The second-order valence-electron chi connectivity index (χ2n) is 5.42. The molecule has 1 aliphatic rings. The van der Waals surface area contributed by atoms with Crippen molar-refractivity contribution in [1.29, 1.82) is 5.26 Å². The number of nitrogens with one attached hydrogen (secondary N) is 1. The number of nitriles is 1. The Labute approximate surface area is 118 Å². The van der Waals surface area contributed by atoms with Gasteiger partial charge in [-0.1, -0.05) is 11.8 Å². The molecule has 1 aromatic heterocycles. The van der Waals surface area contributed by atoms with Gasteiger partial charge in [0, 0.05) is 18.2 Å². The molecule has 0 aliphatic heterocycles. The van der Waals surface area contributed by atoms with E-state index in [0.717, 1.165) is 25.7 Å². The number of rotatable bonds is 4. The van der Waals surface area contributed by atoms with Gasteiger partial charge in [-0.15, -0.1) is 10.2 Å². The van der Waals surface area contributed by atoms with Crippen molar-refractivity contribution in [3.05, 3.63) is 5.89 Å². The highest BCUT2D eigenvalue weighted by Crippen LogP contribution is 2.37. The zero-order valence-corrected chi connectivity index (χ0v) is 12.5. The molecule has 2 rings (SSSR count). The van der Waals surface area contributed by atoms with E-state index in [1.807, 2.05) is 0 Å². The maximum absolute atomic E-state index is 9.51. The molecule has 0 radical (unpaired) electrons. The van der Waals surface area contributed by atoms with Crippen molar-refractivity contribution in [2.24, 2.45) is 0 Å². The lowest BCUT2D eigenvalue weighted by Gasteiger charge is -2.37. The van der Waals surface area contributed by atoms with E-state index >= 15 is 0 Å². The number of hydrogen-bond acceptors (Lipinski definition) is 6. The molecule has 2 unspecified atom stereocenters. The van der Waals surface area contributed by atoms with Crippen LogP contribution < -0.4 is 5.32 Å². The van der Waals surface area contributed by atoms with Gasteiger partial charge in [0.25, 0.3) is 5.22 Å². The van der Waals surface area contributed by atoms with Crippen LogP contribution in [-0.4, -0.2) is 27.0 Å². The highest BCUT2D eigenvalue weighted by atomic mass is 32.2. The minimum atomic E-state index is -0.404. The first-order chi connectivity index (χ1) is 9.03. The van der Waals surface area contributed by atoms with Gasteiger partial charge in [0.05, 0.1) is 6.07 Å². The summed E-state index contributed by atoms with van der Waals surface area (Å²) < 4.78 is 5.41. The van der Waals surface area contributed by atoms with Crippen LogP contribution in [0.25, 0.3) is 0 Å².